The quantitative estimate of drug-likeness (QED) is 0.909. The van der Waals surface area contributed by atoms with Crippen LogP contribution in [0, 0.1) is 5.82 Å². The fourth-order valence-corrected chi connectivity index (χ4v) is 2.38. The lowest BCUT2D eigenvalue weighted by atomic mass is 10.2. The number of nitrogens with zero attached hydrogens (tertiary/aromatic N) is 1. The van der Waals surface area contributed by atoms with E-state index >= 15 is 0 Å². The van der Waals surface area contributed by atoms with Crippen molar-refractivity contribution < 1.29 is 14.3 Å². The highest BCUT2D eigenvalue weighted by Gasteiger charge is 2.19. The molecule has 1 unspecified atom stereocenters. The number of carboxylic acid groups (broad SMARTS) is 1. The van der Waals surface area contributed by atoms with Gasteiger partial charge >= 0.3 is 5.97 Å². The monoisotopic (exact) mass is 286 g/mol. The second-order valence-corrected chi connectivity index (χ2v) is 4.81. The summed E-state index contributed by atoms with van der Waals surface area (Å²) in [7, 11) is 0. The number of nitrogens with two attached hydrogens (primary N) is 1. The van der Waals surface area contributed by atoms with Gasteiger partial charge in [-0.1, -0.05) is 11.6 Å². The lowest BCUT2D eigenvalue weighted by Crippen LogP contribution is -2.20. The van der Waals surface area contributed by atoms with E-state index in [0.717, 1.165) is 11.3 Å². The maximum Gasteiger partial charge on any atom is 0.326 e. The van der Waals surface area contributed by atoms with E-state index in [0.29, 0.717) is 5.01 Å². The van der Waals surface area contributed by atoms with E-state index in [1.54, 1.807) is 0 Å². The second-order valence-electron chi connectivity index (χ2n) is 3.52. The fourth-order valence-electron chi connectivity index (χ4n) is 1.34. The molecule has 3 N–H and O–H groups in total. The SMILES string of the molecule is NC(C(=O)O)c1csc(-c2ccc(Cl)cc2F)n1. The summed E-state index contributed by atoms with van der Waals surface area (Å²) in [5.74, 6) is -1.68. The molecule has 2 rings (SSSR count). The van der Waals surface area contributed by atoms with Crippen molar-refractivity contribution >= 4 is 28.9 Å². The Labute approximate surface area is 111 Å². The molecular weight excluding hydrogens is 279 g/mol. The van der Waals surface area contributed by atoms with Gasteiger partial charge < -0.3 is 10.8 Å². The minimum absolute atomic E-state index is 0.205. The summed E-state index contributed by atoms with van der Waals surface area (Å²) in [4.78, 5) is 14.7. The number of aromatic nitrogens is 1. The average Bonchev–Trinajstić information content (AvgIpc) is 2.77. The van der Waals surface area contributed by atoms with E-state index in [9.17, 15) is 9.18 Å². The van der Waals surface area contributed by atoms with Crippen molar-refractivity contribution in [2.24, 2.45) is 5.73 Å². The smallest absolute Gasteiger partial charge is 0.326 e. The summed E-state index contributed by atoms with van der Waals surface area (Å²) in [5.41, 5.74) is 5.90. The zero-order chi connectivity index (χ0) is 13.3. The Hall–Kier alpha value is -1.50. The number of hydrogen-bond donors (Lipinski definition) is 2. The molecule has 2 aromatic rings. The van der Waals surface area contributed by atoms with Gasteiger partial charge in [-0.05, 0) is 18.2 Å². The van der Waals surface area contributed by atoms with Gasteiger partial charge in [0.1, 0.15) is 16.9 Å². The molecule has 18 heavy (non-hydrogen) atoms. The molecule has 0 saturated heterocycles. The zero-order valence-electron chi connectivity index (χ0n) is 8.93. The highest BCUT2D eigenvalue weighted by atomic mass is 35.5. The Kier molecular flexibility index (Phi) is 3.60. The van der Waals surface area contributed by atoms with Gasteiger partial charge in [-0.3, -0.25) is 4.79 Å². The molecule has 0 aliphatic rings. The third-order valence-electron chi connectivity index (χ3n) is 2.27. The molecule has 4 nitrogen and oxygen atoms in total. The molecule has 1 heterocycles. The highest BCUT2D eigenvalue weighted by Crippen LogP contribution is 2.29. The Bertz CT molecular complexity index is 602. The molecule has 0 amide bonds. The molecule has 94 valence electrons. The normalized spacial score (nSPS) is 12.4. The van der Waals surface area contributed by atoms with Gasteiger partial charge in [0.15, 0.2) is 0 Å². The summed E-state index contributed by atoms with van der Waals surface area (Å²) in [5, 5.41) is 10.9. The number of aliphatic carboxylic acids is 1. The van der Waals surface area contributed by atoms with Crippen molar-refractivity contribution in [3.8, 4) is 10.6 Å². The van der Waals surface area contributed by atoms with E-state index < -0.39 is 17.8 Å². The molecule has 0 bridgehead atoms. The number of hydrogen-bond acceptors (Lipinski definition) is 4. The molecule has 1 aromatic carbocycles. The van der Waals surface area contributed by atoms with Crippen LogP contribution in [-0.4, -0.2) is 16.1 Å². The summed E-state index contributed by atoms with van der Waals surface area (Å²) in [6.07, 6.45) is 0. The van der Waals surface area contributed by atoms with Crippen LogP contribution in [0.3, 0.4) is 0 Å². The molecule has 0 radical (unpaired) electrons. The lowest BCUT2D eigenvalue weighted by molar-refractivity contribution is -0.138. The van der Waals surface area contributed by atoms with Gasteiger partial charge in [0.05, 0.1) is 5.69 Å². The molecule has 0 saturated carbocycles. The van der Waals surface area contributed by atoms with Crippen molar-refractivity contribution in [3.05, 3.63) is 40.1 Å². The average molecular weight is 287 g/mol. The van der Waals surface area contributed by atoms with Crippen LogP contribution >= 0.6 is 22.9 Å². The van der Waals surface area contributed by atoms with Crippen LogP contribution in [0.5, 0.6) is 0 Å². The zero-order valence-corrected chi connectivity index (χ0v) is 10.5. The summed E-state index contributed by atoms with van der Waals surface area (Å²) in [6.45, 7) is 0. The van der Waals surface area contributed by atoms with Gasteiger partial charge in [0.25, 0.3) is 0 Å². The van der Waals surface area contributed by atoms with Crippen LogP contribution in [0.1, 0.15) is 11.7 Å². The van der Waals surface area contributed by atoms with E-state index in [-0.39, 0.29) is 16.3 Å². The van der Waals surface area contributed by atoms with Crippen LogP contribution < -0.4 is 5.73 Å². The van der Waals surface area contributed by atoms with Crippen LogP contribution in [-0.2, 0) is 4.79 Å². The topological polar surface area (TPSA) is 76.2 Å². The number of carboxylic acids is 1. The van der Waals surface area contributed by atoms with Crippen molar-refractivity contribution in [1.82, 2.24) is 4.98 Å². The first-order chi connectivity index (χ1) is 8.49. The van der Waals surface area contributed by atoms with E-state index in [4.69, 9.17) is 22.4 Å². The molecule has 0 spiro atoms. The number of rotatable bonds is 3. The molecule has 1 atom stereocenters. The Morgan fingerprint density at radius 2 is 2.28 bits per heavy atom. The lowest BCUT2D eigenvalue weighted by Gasteiger charge is -2.01. The summed E-state index contributed by atoms with van der Waals surface area (Å²) in [6, 6.07) is 3.00. The van der Waals surface area contributed by atoms with Crippen molar-refractivity contribution in [3.63, 3.8) is 0 Å². The van der Waals surface area contributed by atoms with Crippen LogP contribution in [0.25, 0.3) is 10.6 Å². The van der Waals surface area contributed by atoms with E-state index in [1.807, 2.05) is 0 Å². The first kappa shape index (κ1) is 12.9. The Morgan fingerprint density at radius 3 is 2.89 bits per heavy atom. The van der Waals surface area contributed by atoms with Gasteiger partial charge in [-0.15, -0.1) is 11.3 Å². The molecule has 0 aliphatic carbocycles. The van der Waals surface area contributed by atoms with Crippen molar-refractivity contribution in [1.29, 1.82) is 0 Å². The maximum atomic E-state index is 13.6. The number of carbonyl (C=O) groups is 1. The third-order valence-corrected chi connectivity index (χ3v) is 3.40. The number of benzene rings is 1. The fraction of sp³-hybridized carbons (Fsp3) is 0.0909. The molecule has 0 fully saturated rings. The maximum absolute atomic E-state index is 13.6. The van der Waals surface area contributed by atoms with Gasteiger partial charge in [-0.25, -0.2) is 9.37 Å². The minimum Gasteiger partial charge on any atom is -0.480 e. The van der Waals surface area contributed by atoms with Crippen LogP contribution in [0.15, 0.2) is 23.6 Å². The van der Waals surface area contributed by atoms with Crippen LogP contribution in [0.4, 0.5) is 4.39 Å². The van der Waals surface area contributed by atoms with Gasteiger partial charge in [0, 0.05) is 16.0 Å². The van der Waals surface area contributed by atoms with Crippen molar-refractivity contribution in [2.75, 3.05) is 0 Å². The molecular formula is C11H8ClFN2O2S. The molecule has 1 aromatic heterocycles. The standard InChI is InChI=1S/C11H8ClFN2O2S/c12-5-1-2-6(7(13)3-5)10-15-8(4-18-10)9(14)11(16)17/h1-4,9H,14H2,(H,16,17). The minimum atomic E-state index is -1.20. The predicted octanol–water partition coefficient (Wildman–Crippen LogP) is 2.69. The number of thiazole rings is 1. The van der Waals surface area contributed by atoms with Crippen LogP contribution in [0.2, 0.25) is 5.02 Å². The Morgan fingerprint density at radius 1 is 1.56 bits per heavy atom. The summed E-state index contributed by atoms with van der Waals surface area (Å²) < 4.78 is 13.6. The highest BCUT2D eigenvalue weighted by molar-refractivity contribution is 7.13. The largest absolute Gasteiger partial charge is 0.480 e. The summed E-state index contributed by atoms with van der Waals surface area (Å²) >= 11 is 6.78. The molecule has 0 aliphatic heterocycles. The van der Waals surface area contributed by atoms with E-state index in [2.05, 4.69) is 4.98 Å². The van der Waals surface area contributed by atoms with Gasteiger partial charge in [0.2, 0.25) is 0 Å². The van der Waals surface area contributed by atoms with Crippen molar-refractivity contribution in [2.45, 2.75) is 6.04 Å². The first-order valence-electron chi connectivity index (χ1n) is 4.88. The first-order valence-corrected chi connectivity index (χ1v) is 6.14. The van der Waals surface area contributed by atoms with Gasteiger partial charge in [-0.2, -0.15) is 0 Å². The predicted molar refractivity (Wildman–Crippen MR) is 67.1 cm³/mol. The molecule has 7 heteroatoms. The third kappa shape index (κ3) is 2.50. The van der Waals surface area contributed by atoms with E-state index in [1.165, 1.54) is 23.6 Å². The number of halogens is 2. The second kappa shape index (κ2) is 5.01. The Balaban J connectivity index is 2.38.